The van der Waals surface area contributed by atoms with Crippen LogP contribution in [0.1, 0.15) is 53.1 Å². The zero-order valence-electron chi connectivity index (χ0n) is 14.1. The first-order chi connectivity index (χ1) is 11.0. The predicted molar refractivity (Wildman–Crippen MR) is 96.7 cm³/mol. The van der Waals surface area contributed by atoms with E-state index < -0.39 is 0 Å². The van der Waals surface area contributed by atoms with Crippen molar-refractivity contribution in [1.82, 2.24) is 9.97 Å². The summed E-state index contributed by atoms with van der Waals surface area (Å²) in [5.41, 5.74) is 5.31. The van der Waals surface area contributed by atoms with Gasteiger partial charge in [0.25, 0.3) is 5.91 Å². The zero-order chi connectivity index (χ0) is 17.0. The topological polar surface area (TPSA) is 57.8 Å². The lowest BCUT2D eigenvalue weighted by molar-refractivity contribution is 0.102. The standard InChI is InChI=1S/C18H23N3OS/c1-5-8-14-13(6-2)16(21-18(23)19-14)17(22)20-15-11(3)9-7-10-12(15)4/h7,9-10H,5-6,8H2,1-4H3,(H,20,22)(H,19,21,23). The Labute approximate surface area is 142 Å². The molecule has 1 heterocycles. The van der Waals surface area contributed by atoms with Gasteiger partial charge in [0, 0.05) is 16.9 Å². The SMILES string of the molecule is CCCc1[nH]c(=S)nc(C(=O)Nc2c(C)cccc2C)c1CC. The molecule has 2 rings (SSSR count). The number of carbonyl (C=O) groups excluding carboxylic acids is 1. The van der Waals surface area contributed by atoms with Crippen molar-refractivity contribution in [3.8, 4) is 0 Å². The molecule has 0 bridgehead atoms. The van der Waals surface area contributed by atoms with Crippen LogP contribution >= 0.6 is 12.2 Å². The second-order valence-electron chi connectivity index (χ2n) is 5.67. The highest BCUT2D eigenvalue weighted by Crippen LogP contribution is 2.21. The Bertz CT molecular complexity index is 760. The number of rotatable bonds is 5. The first-order valence-corrected chi connectivity index (χ1v) is 8.38. The summed E-state index contributed by atoms with van der Waals surface area (Å²) >= 11 is 5.20. The quantitative estimate of drug-likeness (QED) is 0.793. The minimum Gasteiger partial charge on any atom is -0.334 e. The first-order valence-electron chi connectivity index (χ1n) is 7.97. The fourth-order valence-corrected chi connectivity index (χ4v) is 2.98. The zero-order valence-corrected chi connectivity index (χ0v) is 14.9. The van der Waals surface area contributed by atoms with E-state index in [9.17, 15) is 4.79 Å². The maximum Gasteiger partial charge on any atom is 0.274 e. The van der Waals surface area contributed by atoms with Crippen molar-refractivity contribution < 1.29 is 4.79 Å². The van der Waals surface area contributed by atoms with Crippen LogP contribution in [0.2, 0.25) is 0 Å². The third-order valence-corrected chi connectivity index (χ3v) is 4.10. The van der Waals surface area contributed by atoms with Gasteiger partial charge >= 0.3 is 0 Å². The summed E-state index contributed by atoms with van der Waals surface area (Å²) in [5, 5.41) is 3.00. The number of nitrogens with one attached hydrogen (secondary N) is 2. The molecule has 122 valence electrons. The number of nitrogens with zero attached hydrogens (tertiary/aromatic N) is 1. The molecule has 1 amide bonds. The van der Waals surface area contributed by atoms with Gasteiger partial charge in [0.05, 0.1) is 0 Å². The molecule has 23 heavy (non-hydrogen) atoms. The van der Waals surface area contributed by atoms with Crippen molar-refractivity contribution in [2.45, 2.75) is 47.0 Å². The van der Waals surface area contributed by atoms with E-state index in [0.717, 1.165) is 47.3 Å². The van der Waals surface area contributed by atoms with E-state index in [1.54, 1.807) is 0 Å². The summed E-state index contributed by atoms with van der Waals surface area (Å²) < 4.78 is 0.359. The molecule has 0 radical (unpaired) electrons. The third-order valence-electron chi connectivity index (χ3n) is 3.91. The van der Waals surface area contributed by atoms with Crippen molar-refractivity contribution >= 4 is 23.8 Å². The van der Waals surface area contributed by atoms with Gasteiger partial charge in [0.1, 0.15) is 5.69 Å². The first kappa shape index (κ1) is 17.3. The van der Waals surface area contributed by atoms with E-state index >= 15 is 0 Å². The van der Waals surface area contributed by atoms with Gasteiger partial charge in [-0.15, -0.1) is 0 Å². The number of aromatic amines is 1. The Kier molecular flexibility index (Phi) is 5.66. The van der Waals surface area contributed by atoms with Gasteiger partial charge in [-0.05, 0) is 50.0 Å². The molecule has 0 atom stereocenters. The average Bonchev–Trinajstić information content (AvgIpc) is 2.50. The van der Waals surface area contributed by atoms with Crippen LogP contribution in [0.15, 0.2) is 18.2 Å². The molecule has 0 aliphatic heterocycles. The maximum atomic E-state index is 12.8. The second-order valence-corrected chi connectivity index (χ2v) is 6.06. The molecule has 0 saturated heterocycles. The number of amides is 1. The monoisotopic (exact) mass is 329 g/mol. The number of anilines is 1. The molecule has 0 aliphatic carbocycles. The molecule has 1 aromatic heterocycles. The fourth-order valence-electron chi connectivity index (χ4n) is 2.76. The Morgan fingerprint density at radius 1 is 1.26 bits per heavy atom. The Hall–Kier alpha value is -2.01. The van der Waals surface area contributed by atoms with Gasteiger partial charge in [-0.2, -0.15) is 0 Å². The van der Waals surface area contributed by atoms with Crippen LogP contribution in [0.3, 0.4) is 0 Å². The lowest BCUT2D eigenvalue weighted by Crippen LogP contribution is -2.19. The maximum absolute atomic E-state index is 12.8. The molecular weight excluding hydrogens is 306 g/mol. The highest BCUT2D eigenvalue weighted by molar-refractivity contribution is 7.71. The van der Waals surface area contributed by atoms with Crippen LogP contribution in [-0.4, -0.2) is 15.9 Å². The van der Waals surface area contributed by atoms with Gasteiger partial charge in [0.2, 0.25) is 0 Å². The molecule has 2 aromatic rings. The summed E-state index contributed by atoms with van der Waals surface area (Å²) in [6.07, 6.45) is 2.59. The third kappa shape index (κ3) is 3.85. The predicted octanol–water partition coefficient (Wildman–Crippen LogP) is 4.52. The van der Waals surface area contributed by atoms with Gasteiger partial charge in [0.15, 0.2) is 4.77 Å². The highest BCUT2D eigenvalue weighted by Gasteiger charge is 2.17. The fraction of sp³-hybridized carbons (Fsp3) is 0.389. The highest BCUT2D eigenvalue weighted by atomic mass is 32.1. The Balaban J connectivity index is 2.45. The van der Waals surface area contributed by atoms with Gasteiger partial charge in [-0.1, -0.05) is 38.5 Å². The van der Waals surface area contributed by atoms with E-state index in [-0.39, 0.29) is 5.91 Å². The van der Waals surface area contributed by atoms with Gasteiger partial charge in [-0.25, -0.2) is 4.98 Å². The number of benzene rings is 1. The number of H-pyrrole nitrogens is 1. The lowest BCUT2D eigenvalue weighted by atomic mass is 10.0. The van der Waals surface area contributed by atoms with Crippen LogP contribution in [0.4, 0.5) is 5.69 Å². The number of para-hydroxylation sites is 1. The van der Waals surface area contributed by atoms with Crippen LogP contribution < -0.4 is 5.32 Å². The van der Waals surface area contributed by atoms with Crippen LogP contribution in [0.25, 0.3) is 0 Å². The molecule has 0 aliphatic rings. The van der Waals surface area contributed by atoms with Crippen LogP contribution in [0.5, 0.6) is 0 Å². The Morgan fingerprint density at radius 3 is 2.48 bits per heavy atom. The number of aryl methyl sites for hydroxylation is 3. The number of hydrogen-bond acceptors (Lipinski definition) is 3. The molecule has 2 N–H and O–H groups in total. The molecule has 0 unspecified atom stereocenters. The van der Waals surface area contributed by atoms with Crippen molar-refractivity contribution in [3.05, 3.63) is 51.0 Å². The minimum atomic E-state index is -0.197. The molecular formula is C18H23N3OS. The van der Waals surface area contributed by atoms with E-state index in [4.69, 9.17) is 12.2 Å². The number of hydrogen-bond donors (Lipinski definition) is 2. The van der Waals surface area contributed by atoms with Crippen molar-refractivity contribution in [1.29, 1.82) is 0 Å². The second kappa shape index (κ2) is 7.51. The average molecular weight is 329 g/mol. The van der Waals surface area contributed by atoms with Crippen molar-refractivity contribution in [3.63, 3.8) is 0 Å². The summed E-state index contributed by atoms with van der Waals surface area (Å²) in [5.74, 6) is -0.197. The summed E-state index contributed by atoms with van der Waals surface area (Å²) in [6, 6.07) is 5.95. The Morgan fingerprint density at radius 2 is 1.91 bits per heavy atom. The van der Waals surface area contributed by atoms with Crippen LogP contribution in [0, 0.1) is 18.6 Å². The summed E-state index contributed by atoms with van der Waals surface area (Å²) in [7, 11) is 0. The van der Waals surface area contributed by atoms with E-state index in [1.165, 1.54) is 0 Å². The van der Waals surface area contributed by atoms with E-state index in [2.05, 4.69) is 22.2 Å². The molecule has 0 fully saturated rings. The van der Waals surface area contributed by atoms with Crippen LogP contribution in [-0.2, 0) is 12.8 Å². The lowest BCUT2D eigenvalue weighted by Gasteiger charge is -2.15. The largest absolute Gasteiger partial charge is 0.334 e. The van der Waals surface area contributed by atoms with Crippen molar-refractivity contribution in [2.75, 3.05) is 5.32 Å². The summed E-state index contributed by atoms with van der Waals surface area (Å²) in [6.45, 7) is 8.10. The number of aromatic nitrogens is 2. The summed E-state index contributed by atoms with van der Waals surface area (Å²) in [4.78, 5) is 20.2. The van der Waals surface area contributed by atoms with E-state index in [1.807, 2.05) is 39.0 Å². The molecule has 4 nitrogen and oxygen atoms in total. The smallest absolute Gasteiger partial charge is 0.274 e. The van der Waals surface area contributed by atoms with Gasteiger partial charge < -0.3 is 10.3 Å². The van der Waals surface area contributed by atoms with Gasteiger partial charge in [-0.3, -0.25) is 4.79 Å². The van der Waals surface area contributed by atoms with E-state index in [0.29, 0.717) is 10.5 Å². The molecule has 1 aromatic carbocycles. The number of carbonyl (C=O) groups is 1. The molecule has 0 spiro atoms. The minimum absolute atomic E-state index is 0.197. The van der Waals surface area contributed by atoms with Crippen molar-refractivity contribution in [2.24, 2.45) is 0 Å². The molecule has 5 heteroatoms. The molecule has 0 saturated carbocycles. The normalized spacial score (nSPS) is 10.6.